The molecular formula is C29H32F3N9O2. The number of aromatic nitrogens is 4. The Morgan fingerprint density at radius 1 is 1.12 bits per heavy atom. The highest BCUT2D eigenvalue weighted by Crippen LogP contribution is 2.36. The van der Waals surface area contributed by atoms with Gasteiger partial charge in [0.05, 0.1) is 12.0 Å². The summed E-state index contributed by atoms with van der Waals surface area (Å²) in [5.74, 6) is 3.80. The molecule has 5 heterocycles. The summed E-state index contributed by atoms with van der Waals surface area (Å²) in [5.41, 5.74) is -0.908. The summed E-state index contributed by atoms with van der Waals surface area (Å²) in [6, 6.07) is 6.37. The van der Waals surface area contributed by atoms with Gasteiger partial charge in [0.2, 0.25) is 5.95 Å². The van der Waals surface area contributed by atoms with Crippen LogP contribution in [0.3, 0.4) is 0 Å². The number of nitrogens with one attached hydrogen (secondary N) is 2. The van der Waals surface area contributed by atoms with Crippen LogP contribution < -0.4 is 15.5 Å². The predicted octanol–water partition coefficient (Wildman–Crippen LogP) is 5.35. The third kappa shape index (κ3) is 7.85. The molecule has 2 aliphatic heterocycles. The fourth-order valence-corrected chi connectivity index (χ4v) is 5.07. The van der Waals surface area contributed by atoms with Gasteiger partial charge in [-0.15, -0.1) is 12.3 Å². The van der Waals surface area contributed by atoms with Crippen molar-refractivity contribution >= 4 is 28.9 Å². The number of carbonyl (C=O) groups excluding carboxylic acids is 1. The van der Waals surface area contributed by atoms with E-state index in [4.69, 9.17) is 11.2 Å². The molecule has 1 amide bonds. The molecule has 0 spiro atoms. The van der Waals surface area contributed by atoms with E-state index >= 15 is 0 Å². The van der Waals surface area contributed by atoms with Crippen LogP contribution in [0.5, 0.6) is 0 Å². The fraction of sp³-hybridized carbons (Fsp3) is 0.483. The van der Waals surface area contributed by atoms with Gasteiger partial charge in [0.15, 0.2) is 11.3 Å². The first kappa shape index (κ1) is 29.9. The first-order chi connectivity index (χ1) is 20.8. The second-order valence-electron chi connectivity index (χ2n) is 10.5. The molecule has 0 aromatic carbocycles. The maximum Gasteiger partial charge on any atom is 0.433 e. The first-order valence-corrected chi connectivity index (χ1v) is 14.2. The molecule has 3 aromatic heterocycles. The predicted molar refractivity (Wildman–Crippen MR) is 153 cm³/mol. The zero-order chi connectivity index (χ0) is 30.3. The number of anilines is 2. The number of halogens is 3. The third-order valence-corrected chi connectivity index (χ3v) is 7.57. The molecule has 2 aliphatic rings. The lowest BCUT2D eigenvalue weighted by molar-refractivity contribution is -0.141. The van der Waals surface area contributed by atoms with Gasteiger partial charge in [0.25, 0.3) is 0 Å². The Kier molecular flexibility index (Phi) is 9.18. The number of piperidine rings is 1. The normalized spacial score (nSPS) is 16.1. The van der Waals surface area contributed by atoms with E-state index in [1.165, 1.54) is 12.1 Å². The molecule has 11 nitrogen and oxygen atoms in total. The number of terminal acetylenes is 1. The minimum Gasteiger partial charge on any atom is -0.450 e. The average molecular weight is 596 g/mol. The van der Waals surface area contributed by atoms with Crippen molar-refractivity contribution < 1.29 is 22.7 Å². The first-order valence-electron chi connectivity index (χ1n) is 14.2. The van der Waals surface area contributed by atoms with E-state index in [9.17, 15) is 18.0 Å². The number of nitrogens with zero attached hydrogens (tertiary/aromatic N) is 7. The van der Waals surface area contributed by atoms with Crippen molar-refractivity contribution in [2.45, 2.75) is 56.9 Å². The summed E-state index contributed by atoms with van der Waals surface area (Å²) in [6.07, 6.45) is 7.33. The SMILES string of the molecule is C#CCCC1(CCNC(=O)OCCC2CCN(c3nc(NCc4cccnc4C(F)(F)F)c4cccnc4n3)CC2)N=N1. The molecule has 5 rings (SSSR count). The van der Waals surface area contributed by atoms with Crippen molar-refractivity contribution in [3.8, 4) is 12.3 Å². The highest BCUT2D eigenvalue weighted by atomic mass is 19.4. The van der Waals surface area contributed by atoms with E-state index < -0.39 is 23.6 Å². The quantitative estimate of drug-likeness (QED) is 0.268. The Bertz CT molecular complexity index is 1490. The molecule has 0 bridgehead atoms. The Morgan fingerprint density at radius 3 is 2.63 bits per heavy atom. The van der Waals surface area contributed by atoms with Gasteiger partial charge < -0.3 is 20.3 Å². The van der Waals surface area contributed by atoms with Gasteiger partial charge in [-0.3, -0.25) is 4.98 Å². The van der Waals surface area contributed by atoms with Crippen LogP contribution in [0, 0.1) is 18.3 Å². The molecule has 0 aliphatic carbocycles. The number of fused-ring (bicyclic) bond motifs is 1. The number of rotatable bonds is 12. The molecule has 0 unspecified atom stereocenters. The van der Waals surface area contributed by atoms with Crippen molar-refractivity contribution in [2.24, 2.45) is 16.1 Å². The largest absolute Gasteiger partial charge is 0.450 e. The van der Waals surface area contributed by atoms with E-state index in [1.54, 1.807) is 18.3 Å². The number of alkyl halides is 3. The van der Waals surface area contributed by atoms with E-state index in [2.05, 4.69) is 46.7 Å². The molecule has 226 valence electrons. The summed E-state index contributed by atoms with van der Waals surface area (Å²) in [6.45, 7) is 1.98. The molecule has 0 saturated carbocycles. The molecule has 0 radical (unpaired) electrons. The van der Waals surface area contributed by atoms with Gasteiger partial charge in [-0.05, 0) is 43.4 Å². The number of pyridine rings is 2. The number of alkyl carbamates (subject to hydrolysis) is 1. The summed E-state index contributed by atoms with van der Waals surface area (Å²) >= 11 is 0. The number of hydrogen-bond acceptors (Lipinski definition) is 10. The molecule has 1 fully saturated rings. The fourth-order valence-electron chi connectivity index (χ4n) is 5.07. The van der Waals surface area contributed by atoms with Gasteiger partial charge in [0, 0.05) is 63.4 Å². The van der Waals surface area contributed by atoms with Crippen LogP contribution in [0.25, 0.3) is 11.0 Å². The number of amides is 1. The van der Waals surface area contributed by atoms with Crippen LogP contribution in [0.4, 0.5) is 29.7 Å². The van der Waals surface area contributed by atoms with Gasteiger partial charge in [0.1, 0.15) is 11.5 Å². The monoisotopic (exact) mass is 595 g/mol. The summed E-state index contributed by atoms with van der Waals surface area (Å²) in [4.78, 5) is 31.3. The van der Waals surface area contributed by atoms with Crippen molar-refractivity contribution in [1.82, 2.24) is 25.3 Å². The molecule has 14 heteroatoms. The lowest BCUT2D eigenvalue weighted by Crippen LogP contribution is -2.35. The van der Waals surface area contributed by atoms with Crippen molar-refractivity contribution in [1.29, 1.82) is 0 Å². The van der Waals surface area contributed by atoms with Gasteiger partial charge in [-0.25, -0.2) is 9.78 Å². The molecule has 0 atom stereocenters. The van der Waals surface area contributed by atoms with E-state index in [0.717, 1.165) is 25.5 Å². The van der Waals surface area contributed by atoms with E-state index in [-0.39, 0.29) is 12.1 Å². The lowest BCUT2D eigenvalue weighted by atomic mass is 9.94. The smallest absolute Gasteiger partial charge is 0.433 e. The van der Waals surface area contributed by atoms with Crippen LogP contribution in [0.2, 0.25) is 0 Å². The summed E-state index contributed by atoms with van der Waals surface area (Å²) in [7, 11) is 0. The molecule has 2 N–H and O–H groups in total. The Labute approximate surface area is 246 Å². The Morgan fingerprint density at radius 2 is 1.88 bits per heavy atom. The molecule has 1 saturated heterocycles. The number of carbonyl (C=O) groups is 1. The summed E-state index contributed by atoms with van der Waals surface area (Å²) < 4.78 is 45.7. The van der Waals surface area contributed by atoms with Gasteiger partial charge >= 0.3 is 12.3 Å². The van der Waals surface area contributed by atoms with Crippen molar-refractivity contribution in [3.63, 3.8) is 0 Å². The molecule has 3 aromatic rings. The van der Waals surface area contributed by atoms with Crippen LogP contribution in [-0.2, 0) is 17.5 Å². The Hall–Kier alpha value is -4.54. The highest BCUT2D eigenvalue weighted by molar-refractivity contribution is 5.87. The minimum absolute atomic E-state index is 0.0156. The maximum absolute atomic E-state index is 13.4. The van der Waals surface area contributed by atoms with E-state index in [1.807, 2.05) is 4.90 Å². The maximum atomic E-state index is 13.4. The third-order valence-electron chi connectivity index (χ3n) is 7.57. The average Bonchev–Trinajstić information content (AvgIpc) is 3.78. The zero-order valence-corrected chi connectivity index (χ0v) is 23.5. The van der Waals surface area contributed by atoms with Crippen LogP contribution in [-0.4, -0.2) is 57.9 Å². The highest BCUT2D eigenvalue weighted by Gasteiger charge is 2.38. The molecule has 43 heavy (non-hydrogen) atoms. The number of hydrogen-bond donors (Lipinski definition) is 2. The second kappa shape index (κ2) is 13.2. The standard InChI is InChI=1S/C29H32F3N9O2/c1-2-3-11-28(39-40-28)12-15-35-27(42)43-18-10-20-8-16-41(17-9-20)26-37-24-22(7-5-14-34-24)25(38-26)36-19-21-6-4-13-33-23(21)29(30,31)32/h1,4-7,13-14,20H,3,8-12,15-19H2,(H,35,42)(H,34,36,37,38). The Balaban J connectivity index is 1.11. The topological polar surface area (TPSA) is 130 Å². The zero-order valence-electron chi connectivity index (χ0n) is 23.5. The number of ether oxygens (including phenoxy) is 1. The van der Waals surface area contributed by atoms with Crippen molar-refractivity contribution in [2.75, 3.05) is 36.5 Å². The molecular weight excluding hydrogens is 563 g/mol. The van der Waals surface area contributed by atoms with Crippen molar-refractivity contribution in [3.05, 3.63) is 47.9 Å². The second-order valence-corrected chi connectivity index (χ2v) is 10.5. The van der Waals surface area contributed by atoms with Gasteiger partial charge in [-0.2, -0.15) is 33.4 Å². The van der Waals surface area contributed by atoms with Crippen LogP contribution in [0.1, 0.15) is 49.8 Å². The summed E-state index contributed by atoms with van der Waals surface area (Å²) in [5, 5.41) is 14.5. The van der Waals surface area contributed by atoms with Crippen LogP contribution in [0.15, 0.2) is 46.9 Å². The lowest BCUT2D eigenvalue weighted by Gasteiger charge is -2.32. The van der Waals surface area contributed by atoms with Crippen LogP contribution >= 0.6 is 0 Å². The van der Waals surface area contributed by atoms with E-state index in [0.29, 0.717) is 74.2 Å². The van der Waals surface area contributed by atoms with Gasteiger partial charge in [-0.1, -0.05) is 6.07 Å². The minimum atomic E-state index is -4.56.